The van der Waals surface area contributed by atoms with Crippen molar-refractivity contribution in [2.75, 3.05) is 11.9 Å². The lowest BCUT2D eigenvalue weighted by Gasteiger charge is -2.12. The maximum atomic E-state index is 13.4. The van der Waals surface area contributed by atoms with Crippen LogP contribution in [0.3, 0.4) is 0 Å². The van der Waals surface area contributed by atoms with E-state index in [0.717, 1.165) is 6.07 Å². The Morgan fingerprint density at radius 1 is 1.53 bits per heavy atom. The van der Waals surface area contributed by atoms with Gasteiger partial charge in [-0.05, 0) is 12.1 Å². The molecule has 0 fully saturated rings. The Labute approximate surface area is 113 Å². The molecule has 0 bridgehead atoms. The normalized spacial score (nSPS) is 12.2. The fraction of sp³-hybridized carbons (Fsp3) is 0.167. The quantitative estimate of drug-likeness (QED) is 0.798. The number of hydrogen-bond donors (Lipinski definition) is 3. The second-order valence-corrected chi connectivity index (χ2v) is 4.29. The lowest BCUT2D eigenvalue weighted by Crippen LogP contribution is -2.17. The van der Waals surface area contributed by atoms with Gasteiger partial charge < -0.3 is 15.4 Å². The van der Waals surface area contributed by atoms with E-state index < -0.39 is 11.9 Å². The van der Waals surface area contributed by atoms with Gasteiger partial charge in [-0.3, -0.25) is 4.79 Å². The van der Waals surface area contributed by atoms with Crippen molar-refractivity contribution in [1.82, 2.24) is 9.97 Å². The zero-order valence-corrected chi connectivity index (χ0v) is 10.5. The minimum absolute atomic E-state index is 0.00546. The molecule has 0 radical (unpaired) electrons. The van der Waals surface area contributed by atoms with E-state index in [-0.39, 0.29) is 22.9 Å². The van der Waals surface area contributed by atoms with Crippen LogP contribution in [0.15, 0.2) is 35.3 Å². The highest BCUT2D eigenvalue weighted by molar-refractivity contribution is 6.30. The maximum Gasteiger partial charge on any atom is 0.248 e. The van der Waals surface area contributed by atoms with E-state index in [1.165, 1.54) is 18.3 Å². The molecule has 2 rings (SSSR count). The molecule has 1 atom stereocenters. The fourth-order valence-electron chi connectivity index (χ4n) is 1.51. The van der Waals surface area contributed by atoms with Crippen LogP contribution in [0, 0.1) is 5.82 Å². The van der Waals surface area contributed by atoms with E-state index in [1.54, 1.807) is 6.07 Å². The van der Waals surface area contributed by atoms with Crippen molar-refractivity contribution >= 4 is 17.4 Å². The molecule has 0 aliphatic heterocycles. The summed E-state index contributed by atoms with van der Waals surface area (Å²) < 4.78 is 13.4. The van der Waals surface area contributed by atoms with Gasteiger partial charge in [0, 0.05) is 24.5 Å². The SMILES string of the molecule is O=c1cccc(C(O)CNc2ncc(Cl)cc2F)[nH]1. The number of hydrogen-bond acceptors (Lipinski definition) is 4. The van der Waals surface area contributed by atoms with Gasteiger partial charge in [-0.2, -0.15) is 0 Å². The molecule has 19 heavy (non-hydrogen) atoms. The number of aliphatic hydroxyl groups excluding tert-OH is 1. The highest BCUT2D eigenvalue weighted by atomic mass is 35.5. The first-order chi connectivity index (χ1) is 9.06. The van der Waals surface area contributed by atoms with E-state index in [1.807, 2.05) is 0 Å². The van der Waals surface area contributed by atoms with E-state index in [4.69, 9.17) is 11.6 Å². The number of aromatic nitrogens is 2. The molecule has 0 aliphatic carbocycles. The summed E-state index contributed by atoms with van der Waals surface area (Å²) in [6, 6.07) is 5.55. The van der Waals surface area contributed by atoms with Crippen LogP contribution < -0.4 is 10.9 Å². The molecule has 2 aromatic heterocycles. The Morgan fingerprint density at radius 2 is 2.32 bits per heavy atom. The number of aliphatic hydroxyl groups is 1. The zero-order valence-electron chi connectivity index (χ0n) is 9.73. The van der Waals surface area contributed by atoms with Crippen molar-refractivity contribution in [3.8, 4) is 0 Å². The number of nitrogens with zero attached hydrogens (tertiary/aromatic N) is 1. The van der Waals surface area contributed by atoms with Gasteiger partial charge in [-0.15, -0.1) is 0 Å². The van der Waals surface area contributed by atoms with E-state index >= 15 is 0 Å². The summed E-state index contributed by atoms with van der Waals surface area (Å²) in [6.45, 7) is 0.00546. The summed E-state index contributed by atoms with van der Waals surface area (Å²) in [5.74, 6) is -0.622. The van der Waals surface area contributed by atoms with Gasteiger partial charge in [0.25, 0.3) is 0 Å². The van der Waals surface area contributed by atoms with Gasteiger partial charge >= 0.3 is 0 Å². The zero-order chi connectivity index (χ0) is 13.8. The van der Waals surface area contributed by atoms with Crippen LogP contribution in [0.4, 0.5) is 10.2 Å². The van der Waals surface area contributed by atoms with Crippen molar-refractivity contribution in [3.05, 3.63) is 57.3 Å². The van der Waals surface area contributed by atoms with Gasteiger partial charge in [-0.25, -0.2) is 9.37 Å². The smallest absolute Gasteiger partial charge is 0.248 e. The largest absolute Gasteiger partial charge is 0.385 e. The number of rotatable bonds is 4. The second-order valence-electron chi connectivity index (χ2n) is 3.85. The number of halogens is 2. The molecular formula is C12H11ClFN3O2. The van der Waals surface area contributed by atoms with Crippen molar-refractivity contribution in [2.24, 2.45) is 0 Å². The lowest BCUT2D eigenvalue weighted by atomic mass is 10.2. The van der Waals surface area contributed by atoms with Gasteiger partial charge in [0.1, 0.15) is 6.10 Å². The molecule has 2 aromatic rings. The number of anilines is 1. The number of H-pyrrole nitrogens is 1. The first-order valence-electron chi connectivity index (χ1n) is 5.48. The summed E-state index contributed by atoms with van der Waals surface area (Å²) in [6.07, 6.45) is 0.315. The average molecular weight is 284 g/mol. The standard InChI is InChI=1S/C12H11ClFN3O2/c13-7-4-8(14)12(15-5-7)16-6-10(18)9-2-1-3-11(19)17-9/h1-5,10,18H,6H2,(H,15,16)(H,17,19). The van der Waals surface area contributed by atoms with Crippen molar-refractivity contribution < 1.29 is 9.50 Å². The lowest BCUT2D eigenvalue weighted by molar-refractivity contribution is 0.186. The van der Waals surface area contributed by atoms with E-state index in [2.05, 4.69) is 15.3 Å². The number of pyridine rings is 2. The highest BCUT2D eigenvalue weighted by Crippen LogP contribution is 2.16. The van der Waals surface area contributed by atoms with Gasteiger partial charge in [0.2, 0.25) is 5.56 Å². The molecule has 0 aromatic carbocycles. The van der Waals surface area contributed by atoms with Crippen LogP contribution in [0.1, 0.15) is 11.8 Å². The Balaban J connectivity index is 2.04. The number of aromatic amines is 1. The molecular weight excluding hydrogens is 273 g/mol. The Bertz CT molecular complexity index is 632. The molecule has 0 spiro atoms. The molecule has 100 valence electrons. The van der Waals surface area contributed by atoms with Gasteiger partial charge in [-0.1, -0.05) is 17.7 Å². The van der Waals surface area contributed by atoms with E-state index in [9.17, 15) is 14.3 Å². The third-order valence-corrected chi connectivity index (χ3v) is 2.63. The fourth-order valence-corrected chi connectivity index (χ4v) is 1.65. The van der Waals surface area contributed by atoms with E-state index in [0.29, 0.717) is 5.69 Å². The Hall–Kier alpha value is -1.92. The maximum absolute atomic E-state index is 13.4. The Kier molecular flexibility index (Phi) is 4.13. The summed E-state index contributed by atoms with van der Waals surface area (Å²) in [7, 11) is 0. The topological polar surface area (TPSA) is 78.0 Å². The van der Waals surface area contributed by atoms with Crippen molar-refractivity contribution in [1.29, 1.82) is 0 Å². The predicted octanol–water partition coefficient (Wildman–Crippen LogP) is 1.71. The molecule has 0 amide bonds. The minimum atomic E-state index is -0.981. The molecule has 0 saturated carbocycles. The van der Waals surface area contributed by atoms with Crippen LogP contribution in [0.5, 0.6) is 0 Å². The Morgan fingerprint density at radius 3 is 3.00 bits per heavy atom. The van der Waals surface area contributed by atoms with Crippen LogP contribution in [0.25, 0.3) is 0 Å². The molecule has 3 N–H and O–H groups in total. The van der Waals surface area contributed by atoms with Crippen LogP contribution in [0.2, 0.25) is 5.02 Å². The average Bonchev–Trinajstić information content (AvgIpc) is 2.37. The summed E-state index contributed by atoms with van der Waals surface area (Å²) in [5.41, 5.74) is 0.0294. The third kappa shape index (κ3) is 3.52. The molecule has 1 unspecified atom stereocenters. The van der Waals surface area contributed by atoms with Crippen LogP contribution in [-0.4, -0.2) is 21.6 Å². The summed E-state index contributed by atoms with van der Waals surface area (Å²) in [4.78, 5) is 17.3. The minimum Gasteiger partial charge on any atom is -0.385 e. The monoisotopic (exact) mass is 283 g/mol. The van der Waals surface area contributed by atoms with Crippen molar-refractivity contribution in [3.63, 3.8) is 0 Å². The second kappa shape index (κ2) is 5.81. The molecule has 5 nitrogen and oxygen atoms in total. The summed E-state index contributed by atoms with van der Waals surface area (Å²) >= 11 is 5.57. The molecule has 0 aliphatic rings. The third-order valence-electron chi connectivity index (χ3n) is 2.42. The first kappa shape index (κ1) is 13.5. The van der Waals surface area contributed by atoms with Crippen LogP contribution >= 0.6 is 11.6 Å². The molecule has 7 heteroatoms. The first-order valence-corrected chi connectivity index (χ1v) is 5.86. The van der Waals surface area contributed by atoms with Crippen LogP contribution in [-0.2, 0) is 0 Å². The predicted molar refractivity (Wildman–Crippen MR) is 69.7 cm³/mol. The van der Waals surface area contributed by atoms with Gasteiger partial charge in [0.05, 0.1) is 5.02 Å². The highest BCUT2D eigenvalue weighted by Gasteiger charge is 2.10. The van der Waals surface area contributed by atoms with Crippen molar-refractivity contribution in [2.45, 2.75) is 6.10 Å². The number of nitrogens with one attached hydrogen (secondary N) is 2. The molecule has 2 heterocycles. The molecule has 0 saturated heterocycles. The summed E-state index contributed by atoms with van der Waals surface area (Å²) in [5, 5.41) is 12.7. The van der Waals surface area contributed by atoms with Gasteiger partial charge in [0.15, 0.2) is 11.6 Å².